The van der Waals surface area contributed by atoms with E-state index in [2.05, 4.69) is 0 Å². The van der Waals surface area contributed by atoms with Gasteiger partial charge in [-0.15, -0.1) is 0 Å². The molecule has 0 amide bonds. The summed E-state index contributed by atoms with van der Waals surface area (Å²) in [5.74, 6) is -4.51. The van der Waals surface area contributed by atoms with Gasteiger partial charge in [-0.1, -0.05) is 6.07 Å². The van der Waals surface area contributed by atoms with Crippen molar-refractivity contribution in [3.8, 4) is 5.75 Å². The van der Waals surface area contributed by atoms with Gasteiger partial charge in [0.15, 0.2) is 17.2 Å². The van der Waals surface area contributed by atoms with E-state index in [4.69, 9.17) is 0 Å². The SMILES string of the molecule is CC(=O)CC(=O)[C@@]1(O)C(O)=C2C(=O)c3c(O)ccc(C)c3C[C@H]2C[C@H]1[C@@H](CO)N(C)C. The average molecular weight is 431 g/mol. The summed E-state index contributed by atoms with van der Waals surface area (Å²) >= 11 is 0. The van der Waals surface area contributed by atoms with E-state index in [9.17, 15) is 34.8 Å². The molecular formula is C23H29NO7. The van der Waals surface area contributed by atoms with Crippen molar-refractivity contribution in [1.82, 2.24) is 4.90 Å². The number of likely N-dealkylation sites (N-methyl/N-ethyl adjacent to an activating group) is 1. The minimum atomic E-state index is -2.50. The zero-order chi connectivity index (χ0) is 23.2. The molecule has 0 radical (unpaired) electrons. The number of aliphatic hydroxyl groups excluding tert-OH is 2. The first kappa shape index (κ1) is 23.1. The fourth-order valence-electron chi connectivity index (χ4n) is 5.07. The van der Waals surface area contributed by atoms with E-state index in [1.165, 1.54) is 13.0 Å². The summed E-state index contributed by atoms with van der Waals surface area (Å²) in [6, 6.07) is 2.40. The number of phenolic OH excluding ortho intramolecular Hbond substituents is 1. The topological polar surface area (TPSA) is 135 Å². The Hall–Kier alpha value is -2.55. The third-order valence-electron chi connectivity index (χ3n) is 6.70. The number of aryl methyl sites for hydroxylation is 1. The molecular weight excluding hydrogens is 402 g/mol. The van der Waals surface area contributed by atoms with Crippen molar-refractivity contribution < 1.29 is 34.8 Å². The Kier molecular flexibility index (Phi) is 6.10. The Labute approximate surface area is 180 Å². The summed E-state index contributed by atoms with van der Waals surface area (Å²) in [5.41, 5.74) is -1.07. The highest BCUT2D eigenvalue weighted by Gasteiger charge is 2.57. The number of aliphatic hydroxyl groups is 3. The molecule has 31 heavy (non-hydrogen) atoms. The largest absolute Gasteiger partial charge is 0.508 e. The van der Waals surface area contributed by atoms with Gasteiger partial charge < -0.3 is 25.3 Å². The number of rotatable bonds is 6. The summed E-state index contributed by atoms with van der Waals surface area (Å²) in [6.45, 7) is 2.63. The molecule has 0 aromatic heterocycles. The van der Waals surface area contributed by atoms with Gasteiger partial charge in [-0.05, 0) is 63.9 Å². The van der Waals surface area contributed by atoms with Crippen LogP contribution in [0.3, 0.4) is 0 Å². The van der Waals surface area contributed by atoms with Gasteiger partial charge in [0.05, 0.1) is 18.6 Å². The third-order valence-corrected chi connectivity index (χ3v) is 6.70. The number of ketones is 3. The van der Waals surface area contributed by atoms with E-state index in [-0.39, 0.29) is 23.3 Å². The van der Waals surface area contributed by atoms with Gasteiger partial charge in [0.1, 0.15) is 17.3 Å². The van der Waals surface area contributed by atoms with Crippen LogP contribution in [0.4, 0.5) is 0 Å². The molecule has 8 nitrogen and oxygen atoms in total. The zero-order valence-corrected chi connectivity index (χ0v) is 18.2. The number of benzene rings is 1. The van der Waals surface area contributed by atoms with Crippen molar-refractivity contribution in [2.75, 3.05) is 20.7 Å². The molecule has 2 aliphatic carbocycles. The van der Waals surface area contributed by atoms with Crippen LogP contribution >= 0.6 is 0 Å². The number of fused-ring (bicyclic) bond motifs is 2. The van der Waals surface area contributed by atoms with Gasteiger partial charge in [0, 0.05) is 17.5 Å². The predicted molar refractivity (Wildman–Crippen MR) is 112 cm³/mol. The van der Waals surface area contributed by atoms with Crippen LogP contribution in [0, 0.1) is 18.8 Å². The van der Waals surface area contributed by atoms with Crippen LogP contribution in [0.25, 0.3) is 0 Å². The summed E-state index contributed by atoms with van der Waals surface area (Å²) in [7, 11) is 3.35. The minimum Gasteiger partial charge on any atom is -0.508 e. The smallest absolute Gasteiger partial charge is 0.196 e. The number of nitrogens with zero attached hydrogens (tertiary/aromatic N) is 1. The first-order valence-corrected chi connectivity index (χ1v) is 10.3. The number of aromatic hydroxyl groups is 1. The quantitative estimate of drug-likeness (QED) is 0.492. The highest BCUT2D eigenvalue weighted by atomic mass is 16.3. The third kappa shape index (κ3) is 3.58. The van der Waals surface area contributed by atoms with Crippen LogP contribution in [0.2, 0.25) is 0 Å². The number of hydrogen-bond donors (Lipinski definition) is 4. The molecule has 4 N–H and O–H groups in total. The van der Waals surface area contributed by atoms with Crippen molar-refractivity contribution >= 4 is 17.3 Å². The minimum absolute atomic E-state index is 0.0592. The Morgan fingerprint density at radius 1 is 1.26 bits per heavy atom. The lowest BCUT2D eigenvalue weighted by molar-refractivity contribution is -0.150. The second-order valence-corrected chi connectivity index (χ2v) is 8.87. The monoisotopic (exact) mass is 431 g/mol. The molecule has 168 valence electrons. The van der Waals surface area contributed by atoms with Gasteiger partial charge in [-0.2, -0.15) is 0 Å². The number of phenols is 1. The van der Waals surface area contributed by atoms with Crippen molar-refractivity contribution in [2.45, 2.75) is 44.8 Å². The van der Waals surface area contributed by atoms with E-state index < -0.39 is 59.6 Å². The fourth-order valence-corrected chi connectivity index (χ4v) is 5.07. The standard InChI is InChI=1S/C23H29NO7/c1-11-5-6-17(27)20-14(11)8-13-9-15(16(10-25)24(3)4)23(31,18(28)7-12(2)26)22(30)19(13)21(20)29/h5-6,13,15-16,25,27,30-31H,7-10H2,1-4H3/t13-,15-,16+,23+/m0/s1. The highest BCUT2D eigenvalue weighted by molar-refractivity contribution is 6.15. The molecule has 1 aromatic carbocycles. The fraction of sp³-hybridized carbons (Fsp3) is 0.522. The van der Waals surface area contributed by atoms with Crippen LogP contribution in [0.1, 0.15) is 41.3 Å². The Morgan fingerprint density at radius 2 is 1.90 bits per heavy atom. The lowest BCUT2D eigenvalue weighted by Gasteiger charge is -2.47. The van der Waals surface area contributed by atoms with E-state index in [1.54, 1.807) is 25.1 Å². The predicted octanol–water partition coefficient (Wildman–Crippen LogP) is 1.09. The molecule has 0 saturated carbocycles. The van der Waals surface area contributed by atoms with E-state index in [0.717, 1.165) is 5.56 Å². The molecule has 0 saturated heterocycles. The normalized spacial score (nSPS) is 26.5. The van der Waals surface area contributed by atoms with Crippen LogP contribution in [-0.4, -0.2) is 75.0 Å². The summed E-state index contributed by atoms with van der Waals surface area (Å²) in [5, 5.41) is 43.0. The molecule has 4 atom stereocenters. The zero-order valence-electron chi connectivity index (χ0n) is 18.2. The average Bonchev–Trinajstić information content (AvgIpc) is 2.67. The van der Waals surface area contributed by atoms with Crippen LogP contribution in [0.15, 0.2) is 23.5 Å². The Balaban J connectivity index is 2.24. The maximum Gasteiger partial charge on any atom is 0.196 e. The number of allylic oxidation sites excluding steroid dienone is 1. The van der Waals surface area contributed by atoms with Gasteiger partial charge in [0.2, 0.25) is 0 Å². The van der Waals surface area contributed by atoms with E-state index in [0.29, 0.717) is 12.0 Å². The molecule has 0 fully saturated rings. The van der Waals surface area contributed by atoms with Gasteiger partial charge >= 0.3 is 0 Å². The molecule has 0 unspecified atom stereocenters. The molecule has 8 heteroatoms. The van der Waals surface area contributed by atoms with Crippen molar-refractivity contribution in [3.63, 3.8) is 0 Å². The van der Waals surface area contributed by atoms with Crippen molar-refractivity contribution in [1.29, 1.82) is 0 Å². The molecule has 3 rings (SSSR count). The molecule has 0 bridgehead atoms. The summed E-state index contributed by atoms with van der Waals surface area (Å²) in [6.07, 6.45) is -0.140. The molecule has 1 aromatic rings. The molecule has 0 spiro atoms. The van der Waals surface area contributed by atoms with Crippen LogP contribution in [-0.2, 0) is 16.0 Å². The molecule has 2 aliphatic rings. The Bertz CT molecular complexity index is 980. The summed E-state index contributed by atoms with van der Waals surface area (Å²) in [4.78, 5) is 39.6. The van der Waals surface area contributed by atoms with Gasteiger partial charge in [-0.3, -0.25) is 14.4 Å². The van der Waals surface area contributed by atoms with E-state index >= 15 is 0 Å². The van der Waals surface area contributed by atoms with Crippen molar-refractivity contribution in [3.05, 3.63) is 40.2 Å². The second kappa shape index (κ2) is 8.18. The first-order valence-electron chi connectivity index (χ1n) is 10.3. The molecule has 0 heterocycles. The van der Waals surface area contributed by atoms with Crippen molar-refractivity contribution in [2.24, 2.45) is 11.8 Å². The van der Waals surface area contributed by atoms with Gasteiger partial charge in [0.25, 0.3) is 0 Å². The lowest BCUT2D eigenvalue weighted by Crippen LogP contribution is -2.60. The maximum atomic E-state index is 13.3. The van der Waals surface area contributed by atoms with Gasteiger partial charge in [-0.25, -0.2) is 0 Å². The maximum absolute atomic E-state index is 13.3. The number of carbonyl (C=O) groups excluding carboxylic acids is 3. The van der Waals surface area contributed by atoms with Crippen LogP contribution in [0.5, 0.6) is 5.75 Å². The first-order chi connectivity index (χ1) is 14.4. The number of carbonyl (C=O) groups is 3. The summed E-state index contributed by atoms with van der Waals surface area (Å²) < 4.78 is 0. The highest BCUT2D eigenvalue weighted by Crippen LogP contribution is 2.49. The number of hydrogen-bond acceptors (Lipinski definition) is 8. The number of Topliss-reactive ketones (excluding diaryl/α,β-unsaturated/α-hetero) is 3. The molecule has 0 aliphatic heterocycles. The van der Waals surface area contributed by atoms with E-state index in [1.807, 2.05) is 6.92 Å². The lowest BCUT2D eigenvalue weighted by atomic mass is 9.61. The Morgan fingerprint density at radius 3 is 2.45 bits per heavy atom. The second-order valence-electron chi connectivity index (χ2n) is 8.87. The van der Waals surface area contributed by atoms with Crippen LogP contribution < -0.4 is 0 Å².